The Labute approximate surface area is 99.0 Å². The summed E-state index contributed by atoms with van der Waals surface area (Å²) in [5, 5.41) is 3.24. The highest BCUT2D eigenvalue weighted by atomic mass is 19.3. The van der Waals surface area contributed by atoms with Crippen LogP contribution in [0.1, 0.15) is 30.4 Å². The lowest BCUT2D eigenvalue weighted by Crippen LogP contribution is -2.31. The van der Waals surface area contributed by atoms with E-state index in [0.29, 0.717) is 17.9 Å². The van der Waals surface area contributed by atoms with Gasteiger partial charge in [0.1, 0.15) is 5.82 Å². The summed E-state index contributed by atoms with van der Waals surface area (Å²) in [7, 11) is 0. The molecule has 1 aromatic rings. The summed E-state index contributed by atoms with van der Waals surface area (Å²) in [6.45, 7) is 1.82. The summed E-state index contributed by atoms with van der Waals surface area (Å²) in [6, 6.07) is 4.22. The van der Waals surface area contributed by atoms with Gasteiger partial charge in [-0.3, -0.25) is 0 Å². The molecule has 94 valence electrons. The van der Waals surface area contributed by atoms with Gasteiger partial charge in [-0.25, -0.2) is 13.2 Å². The zero-order chi connectivity index (χ0) is 12.3. The minimum atomic E-state index is -2.73. The molecular weight excluding hydrogens is 227 g/mol. The SMILES string of the molecule is Fc1cccc(CC2CCCNC2)c1C(F)F. The summed E-state index contributed by atoms with van der Waals surface area (Å²) < 4.78 is 38.9. The van der Waals surface area contributed by atoms with Gasteiger partial charge in [-0.05, 0) is 49.9 Å². The molecule has 2 rings (SSSR count). The average Bonchev–Trinajstić information content (AvgIpc) is 2.30. The predicted octanol–water partition coefficient (Wildman–Crippen LogP) is 3.31. The van der Waals surface area contributed by atoms with E-state index in [1.165, 1.54) is 6.07 Å². The third-order valence-corrected chi connectivity index (χ3v) is 3.27. The van der Waals surface area contributed by atoms with E-state index >= 15 is 0 Å². The zero-order valence-electron chi connectivity index (χ0n) is 9.56. The van der Waals surface area contributed by atoms with E-state index in [2.05, 4.69) is 5.32 Å². The minimum absolute atomic E-state index is 0.336. The molecule has 0 spiro atoms. The second-order valence-electron chi connectivity index (χ2n) is 4.53. The largest absolute Gasteiger partial charge is 0.316 e. The minimum Gasteiger partial charge on any atom is -0.316 e. The van der Waals surface area contributed by atoms with Crippen molar-refractivity contribution in [3.63, 3.8) is 0 Å². The smallest absolute Gasteiger partial charge is 0.266 e. The van der Waals surface area contributed by atoms with Crippen LogP contribution in [-0.2, 0) is 6.42 Å². The van der Waals surface area contributed by atoms with Gasteiger partial charge < -0.3 is 5.32 Å². The summed E-state index contributed by atoms with van der Waals surface area (Å²) >= 11 is 0. The fourth-order valence-electron chi connectivity index (χ4n) is 2.41. The highest BCUT2D eigenvalue weighted by Crippen LogP contribution is 2.28. The van der Waals surface area contributed by atoms with Crippen LogP contribution >= 0.6 is 0 Å². The number of alkyl halides is 2. The van der Waals surface area contributed by atoms with Crippen molar-refractivity contribution in [3.05, 3.63) is 35.1 Å². The maximum Gasteiger partial charge on any atom is 0.266 e. The van der Waals surface area contributed by atoms with Gasteiger partial charge >= 0.3 is 0 Å². The van der Waals surface area contributed by atoms with Crippen LogP contribution < -0.4 is 5.32 Å². The molecule has 4 heteroatoms. The molecule has 1 aliphatic heterocycles. The van der Waals surface area contributed by atoms with Crippen molar-refractivity contribution in [1.82, 2.24) is 5.32 Å². The molecule has 1 heterocycles. The van der Waals surface area contributed by atoms with Crippen LogP contribution in [0, 0.1) is 11.7 Å². The molecule has 0 aliphatic carbocycles. The molecule has 0 aromatic heterocycles. The van der Waals surface area contributed by atoms with Crippen LogP contribution in [0.4, 0.5) is 13.2 Å². The molecule has 1 saturated heterocycles. The first-order valence-electron chi connectivity index (χ1n) is 5.94. The van der Waals surface area contributed by atoms with Crippen LogP contribution in [0.3, 0.4) is 0 Å². The lowest BCUT2D eigenvalue weighted by molar-refractivity contribution is 0.144. The Balaban J connectivity index is 2.16. The van der Waals surface area contributed by atoms with Crippen molar-refractivity contribution in [2.75, 3.05) is 13.1 Å². The number of hydrogen-bond acceptors (Lipinski definition) is 1. The molecule has 1 unspecified atom stereocenters. The Bertz CT molecular complexity index is 373. The Kier molecular flexibility index (Phi) is 4.05. The predicted molar refractivity (Wildman–Crippen MR) is 60.7 cm³/mol. The maximum absolute atomic E-state index is 13.4. The summed E-state index contributed by atoms with van der Waals surface area (Å²) in [6.07, 6.45) is -0.122. The van der Waals surface area contributed by atoms with E-state index < -0.39 is 17.8 Å². The van der Waals surface area contributed by atoms with Gasteiger partial charge in [-0.15, -0.1) is 0 Å². The molecule has 0 amide bonds. The van der Waals surface area contributed by atoms with Gasteiger partial charge in [0.25, 0.3) is 6.43 Å². The van der Waals surface area contributed by atoms with Crippen molar-refractivity contribution >= 4 is 0 Å². The maximum atomic E-state index is 13.4. The summed E-state index contributed by atoms with van der Waals surface area (Å²) in [4.78, 5) is 0. The standard InChI is InChI=1S/C13H16F3N/c14-11-5-1-4-10(12(11)13(15)16)7-9-3-2-6-17-8-9/h1,4-5,9,13,17H,2-3,6-8H2. The van der Waals surface area contributed by atoms with Crippen molar-refractivity contribution in [2.24, 2.45) is 5.92 Å². The molecule has 1 N–H and O–H groups in total. The second kappa shape index (κ2) is 5.54. The first kappa shape index (κ1) is 12.4. The monoisotopic (exact) mass is 243 g/mol. The Morgan fingerprint density at radius 1 is 1.35 bits per heavy atom. The second-order valence-corrected chi connectivity index (χ2v) is 4.53. The van der Waals surface area contributed by atoms with Gasteiger partial charge in [-0.1, -0.05) is 12.1 Å². The Morgan fingerprint density at radius 3 is 2.82 bits per heavy atom. The van der Waals surface area contributed by atoms with Crippen LogP contribution in [0.2, 0.25) is 0 Å². The van der Waals surface area contributed by atoms with Gasteiger partial charge in [0, 0.05) is 0 Å². The van der Waals surface area contributed by atoms with Crippen molar-refractivity contribution < 1.29 is 13.2 Å². The molecule has 1 atom stereocenters. The van der Waals surface area contributed by atoms with Crippen molar-refractivity contribution in [1.29, 1.82) is 0 Å². The fourth-order valence-corrected chi connectivity index (χ4v) is 2.41. The van der Waals surface area contributed by atoms with Crippen LogP contribution in [0.15, 0.2) is 18.2 Å². The number of piperidine rings is 1. The lowest BCUT2D eigenvalue weighted by Gasteiger charge is -2.23. The van der Waals surface area contributed by atoms with E-state index in [4.69, 9.17) is 0 Å². The Morgan fingerprint density at radius 2 is 2.18 bits per heavy atom. The highest BCUT2D eigenvalue weighted by Gasteiger charge is 2.21. The zero-order valence-corrected chi connectivity index (χ0v) is 9.56. The molecule has 1 fully saturated rings. The number of rotatable bonds is 3. The van der Waals surface area contributed by atoms with Crippen molar-refractivity contribution in [2.45, 2.75) is 25.7 Å². The molecule has 1 aromatic carbocycles. The average molecular weight is 243 g/mol. The molecule has 17 heavy (non-hydrogen) atoms. The fraction of sp³-hybridized carbons (Fsp3) is 0.538. The highest BCUT2D eigenvalue weighted by molar-refractivity contribution is 5.30. The van der Waals surface area contributed by atoms with Gasteiger partial charge in [0.05, 0.1) is 5.56 Å². The molecular formula is C13H16F3N. The molecule has 0 bridgehead atoms. The topological polar surface area (TPSA) is 12.0 Å². The van der Waals surface area contributed by atoms with E-state index in [1.807, 2.05) is 0 Å². The normalized spacial score (nSPS) is 20.8. The van der Waals surface area contributed by atoms with Crippen molar-refractivity contribution in [3.8, 4) is 0 Å². The molecule has 1 aliphatic rings. The van der Waals surface area contributed by atoms with Crippen LogP contribution in [-0.4, -0.2) is 13.1 Å². The van der Waals surface area contributed by atoms with Gasteiger partial charge in [0.15, 0.2) is 0 Å². The number of benzene rings is 1. The summed E-state index contributed by atoms with van der Waals surface area (Å²) in [5.41, 5.74) is 0.0340. The molecule has 1 nitrogen and oxygen atoms in total. The number of hydrogen-bond donors (Lipinski definition) is 1. The molecule has 0 radical (unpaired) electrons. The van der Waals surface area contributed by atoms with Crippen LogP contribution in [0.5, 0.6) is 0 Å². The number of halogens is 3. The van der Waals surface area contributed by atoms with Crippen LogP contribution in [0.25, 0.3) is 0 Å². The quantitative estimate of drug-likeness (QED) is 0.858. The lowest BCUT2D eigenvalue weighted by atomic mass is 9.90. The summed E-state index contributed by atoms with van der Waals surface area (Å²) in [5.74, 6) is -0.454. The van der Waals surface area contributed by atoms with E-state index in [0.717, 1.165) is 32.0 Å². The third-order valence-electron chi connectivity index (χ3n) is 3.27. The first-order valence-corrected chi connectivity index (χ1v) is 5.94. The van der Waals surface area contributed by atoms with Gasteiger partial charge in [0.2, 0.25) is 0 Å². The van der Waals surface area contributed by atoms with Gasteiger partial charge in [-0.2, -0.15) is 0 Å². The van der Waals surface area contributed by atoms with E-state index in [9.17, 15) is 13.2 Å². The van der Waals surface area contributed by atoms with E-state index in [1.54, 1.807) is 6.07 Å². The van der Waals surface area contributed by atoms with E-state index in [-0.39, 0.29) is 0 Å². The third kappa shape index (κ3) is 3.00. The Hall–Kier alpha value is -1.03. The first-order chi connectivity index (χ1) is 8.18. The number of nitrogens with one attached hydrogen (secondary N) is 1. The molecule has 0 saturated carbocycles.